The van der Waals surface area contributed by atoms with Gasteiger partial charge in [-0.1, -0.05) is 37.3 Å². The van der Waals surface area contributed by atoms with E-state index in [2.05, 4.69) is 10.4 Å². The van der Waals surface area contributed by atoms with E-state index in [0.717, 1.165) is 5.56 Å². The van der Waals surface area contributed by atoms with E-state index in [4.69, 9.17) is 0 Å². The number of benzene rings is 2. The Morgan fingerprint density at radius 1 is 1.16 bits per heavy atom. The summed E-state index contributed by atoms with van der Waals surface area (Å²) in [6.45, 7) is 1.90. The Morgan fingerprint density at radius 2 is 1.84 bits per heavy atom. The number of carbonyl (C=O) groups excluding carboxylic acids is 1. The summed E-state index contributed by atoms with van der Waals surface area (Å²) in [4.78, 5) is 23.6. The number of nitrogens with zero attached hydrogens (tertiary/aromatic N) is 3. The molecule has 1 aliphatic rings. The standard InChI is InChI=1S/C21H20N4O5S/c1-2-17(14-6-4-3-5-7-14)21(26)22-20-18-12-31(29,30)13-19(18)23-24(20)15-8-10-16(11-9-15)25(27)28/h3-11,17H,2,12-13H2,1H3,(H,22,26)/t17-/m0/s1. The highest BCUT2D eigenvalue weighted by atomic mass is 32.2. The summed E-state index contributed by atoms with van der Waals surface area (Å²) in [6.07, 6.45) is 0.558. The van der Waals surface area contributed by atoms with Crippen LogP contribution >= 0.6 is 0 Å². The molecule has 0 aliphatic carbocycles. The molecule has 0 fully saturated rings. The van der Waals surface area contributed by atoms with Crippen molar-refractivity contribution in [2.45, 2.75) is 30.8 Å². The first-order valence-corrected chi connectivity index (χ1v) is 11.5. The van der Waals surface area contributed by atoms with Crippen LogP contribution < -0.4 is 5.32 Å². The molecule has 0 saturated carbocycles. The van der Waals surface area contributed by atoms with Crippen LogP contribution in [0.5, 0.6) is 0 Å². The van der Waals surface area contributed by atoms with Crippen molar-refractivity contribution in [1.82, 2.24) is 9.78 Å². The van der Waals surface area contributed by atoms with Crippen molar-refractivity contribution < 1.29 is 18.1 Å². The van der Waals surface area contributed by atoms with Crippen LogP contribution in [0.2, 0.25) is 0 Å². The second-order valence-electron chi connectivity index (χ2n) is 7.35. The van der Waals surface area contributed by atoms with Gasteiger partial charge in [0.1, 0.15) is 5.82 Å². The zero-order chi connectivity index (χ0) is 22.2. The van der Waals surface area contributed by atoms with Crippen molar-refractivity contribution in [3.63, 3.8) is 0 Å². The van der Waals surface area contributed by atoms with Gasteiger partial charge in [-0.2, -0.15) is 5.10 Å². The largest absolute Gasteiger partial charge is 0.310 e. The molecular formula is C21H20N4O5S. The smallest absolute Gasteiger partial charge is 0.269 e. The molecule has 0 bridgehead atoms. The molecule has 1 N–H and O–H groups in total. The van der Waals surface area contributed by atoms with Crippen LogP contribution in [-0.2, 0) is 26.1 Å². The first-order chi connectivity index (χ1) is 14.8. The minimum Gasteiger partial charge on any atom is -0.310 e. The van der Waals surface area contributed by atoms with E-state index < -0.39 is 20.7 Å². The average molecular weight is 440 g/mol. The normalized spacial score (nSPS) is 15.3. The van der Waals surface area contributed by atoms with Crippen molar-refractivity contribution in [1.29, 1.82) is 0 Å². The number of fused-ring (bicyclic) bond motifs is 1. The fraction of sp³-hybridized carbons (Fsp3) is 0.238. The third-order valence-electron chi connectivity index (χ3n) is 5.26. The zero-order valence-corrected chi connectivity index (χ0v) is 17.5. The van der Waals surface area contributed by atoms with Gasteiger partial charge < -0.3 is 5.32 Å². The number of nitro groups is 1. The molecule has 10 heteroatoms. The van der Waals surface area contributed by atoms with E-state index in [1.165, 1.54) is 28.9 Å². The molecular weight excluding hydrogens is 420 g/mol. The minimum absolute atomic E-state index is 0.0771. The van der Waals surface area contributed by atoms with Gasteiger partial charge in [-0.25, -0.2) is 13.1 Å². The second kappa shape index (κ2) is 7.95. The maximum atomic E-state index is 13.1. The third-order valence-corrected chi connectivity index (χ3v) is 6.70. The highest BCUT2D eigenvalue weighted by molar-refractivity contribution is 7.90. The minimum atomic E-state index is -3.33. The first kappa shape index (κ1) is 20.7. The molecule has 0 unspecified atom stereocenters. The van der Waals surface area contributed by atoms with Gasteiger partial charge in [0.15, 0.2) is 9.84 Å². The molecule has 2 aromatic carbocycles. The number of amides is 1. The maximum Gasteiger partial charge on any atom is 0.269 e. The lowest BCUT2D eigenvalue weighted by atomic mass is 9.95. The number of nitro benzene ring substituents is 1. The van der Waals surface area contributed by atoms with Crippen molar-refractivity contribution in [3.05, 3.63) is 81.5 Å². The number of non-ortho nitro benzene ring substituents is 1. The van der Waals surface area contributed by atoms with E-state index >= 15 is 0 Å². The Morgan fingerprint density at radius 3 is 2.45 bits per heavy atom. The molecule has 0 radical (unpaired) electrons. The number of sulfone groups is 1. The molecule has 0 saturated heterocycles. The van der Waals surface area contributed by atoms with Gasteiger partial charge in [-0.3, -0.25) is 14.9 Å². The summed E-state index contributed by atoms with van der Waals surface area (Å²) in [7, 11) is -3.33. The summed E-state index contributed by atoms with van der Waals surface area (Å²) in [5, 5.41) is 18.2. The Bertz CT molecular complexity index is 1250. The van der Waals surface area contributed by atoms with E-state index in [1.807, 2.05) is 37.3 Å². The number of carbonyl (C=O) groups is 1. The SMILES string of the molecule is CC[C@H](C(=O)Nc1c2c(nn1-c1ccc([N+](=O)[O-])cc1)CS(=O)(=O)C2)c1ccccc1. The van der Waals surface area contributed by atoms with Crippen molar-refractivity contribution in [3.8, 4) is 5.69 Å². The molecule has 2 heterocycles. The first-order valence-electron chi connectivity index (χ1n) is 9.71. The van der Waals surface area contributed by atoms with Crippen LogP contribution in [0, 0.1) is 10.1 Å². The Kier molecular flexibility index (Phi) is 5.32. The number of rotatable bonds is 6. The summed E-state index contributed by atoms with van der Waals surface area (Å²) in [6, 6.07) is 15.0. The molecule has 0 spiro atoms. The summed E-state index contributed by atoms with van der Waals surface area (Å²) >= 11 is 0. The number of anilines is 1. The monoisotopic (exact) mass is 440 g/mol. The Hall–Kier alpha value is -3.53. The van der Waals surface area contributed by atoms with Gasteiger partial charge in [0, 0.05) is 17.7 Å². The van der Waals surface area contributed by atoms with Crippen molar-refractivity contribution in [2.24, 2.45) is 0 Å². The molecule has 9 nitrogen and oxygen atoms in total. The summed E-state index contributed by atoms with van der Waals surface area (Å²) in [5.74, 6) is -0.836. The van der Waals surface area contributed by atoms with Crippen LogP contribution in [-0.4, -0.2) is 29.0 Å². The molecule has 1 amide bonds. The molecule has 160 valence electrons. The van der Waals surface area contributed by atoms with Crippen LogP contribution in [0.15, 0.2) is 54.6 Å². The number of hydrogen-bond donors (Lipinski definition) is 1. The zero-order valence-electron chi connectivity index (χ0n) is 16.7. The van der Waals surface area contributed by atoms with E-state index in [9.17, 15) is 23.3 Å². The number of hydrogen-bond acceptors (Lipinski definition) is 6. The predicted octanol–water partition coefficient (Wildman–Crippen LogP) is 3.34. The van der Waals surface area contributed by atoms with Crippen LogP contribution in [0.25, 0.3) is 5.69 Å². The topological polar surface area (TPSA) is 124 Å². The third kappa shape index (κ3) is 4.06. The quantitative estimate of drug-likeness (QED) is 0.463. The average Bonchev–Trinajstić information content (AvgIpc) is 3.22. The second-order valence-corrected chi connectivity index (χ2v) is 9.42. The van der Waals surface area contributed by atoms with Gasteiger partial charge >= 0.3 is 0 Å². The number of nitrogens with one attached hydrogen (secondary N) is 1. The van der Waals surface area contributed by atoms with E-state index in [1.54, 1.807) is 0 Å². The van der Waals surface area contributed by atoms with E-state index in [-0.39, 0.29) is 28.9 Å². The molecule has 1 aliphatic heterocycles. The molecule has 31 heavy (non-hydrogen) atoms. The van der Waals surface area contributed by atoms with Gasteiger partial charge in [-0.15, -0.1) is 0 Å². The summed E-state index contributed by atoms with van der Waals surface area (Å²) in [5.41, 5.74) is 2.09. The van der Waals surface area contributed by atoms with Gasteiger partial charge in [0.05, 0.1) is 33.7 Å². The fourth-order valence-electron chi connectivity index (χ4n) is 3.73. The maximum absolute atomic E-state index is 13.1. The number of aromatic nitrogens is 2. The summed E-state index contributed by atoms with van der Waals surface area (Å²) < 4.78 is 25.7. The molecule has 4 rings (SSSR count). The Balaban J connectivity index is 1.73. The van der Waals surface area contributed by atoms with Gasteiger partial charge in [0.2, 0.25) is 5.91 Å². The lowest BCUT2D eigenvalue weighted by Gasteiger charge is -2.17. The lowest BCUT2D eigenvalue weighted by molar-refractivity contribution is -0.384. The van der Waals surface area contributed by atoms with Crippen LogP contribution in [0.4, 0.5) is 11.5 Å². The predicted molar refractivity (Wildman–Crippen MR) is 115 cm³/mol. The molecule has 3 aromatic rings. The highest BCUT2D eigenvalue weighted by Gasteiger charge is 2.34. The van der Waals surface area contributed by atoms with Gasteiger partial charge in [0.25, 0.3) is 5.69 Å². The van der Waals surface area contributed by atoms with Crippen molar-refractivity contribution in [2.75, 3.05) is 5.32 Å². The molecule has 1 atom stereocenters. The van der Waals surface area contributed by atoms with Crippen LogP contribution in [0.3, 0.4) is 0 Å². The highest BCUT2D eigenvalue weighted by Crippen LogP contribution is 2.34. The van der Waals surface area contributed by atoms with E-state index in [0.29, 0.717) is 23.4 Å². The van der Waals surface area contributed by atoms with Crippen LogP contribution in [0.1, 0.15) is 36.1 Å². The van der Waals surface area contributed by atoms with Crippen molar-refractivity contribution >= 4 is 27.2 Å². The lowest BCUT2D eigenvalue weighted by Crippen LogP contribution is -2.23. The van der Waals surface area contributed by atoms with Gasteiger partial charge in [-0.05, 0) is 24.1 Å². The molecule has 1 aromatic heterocycles. The fourth-order valence-corrected chi connectivity index (χ4v) is 5.23. The Labute approximate surface area is 178 Å².